The highest BCUT2D eigenvalue weighted by atomic mass is 32.2. The fraction of sp³-hybridized carbons (Fsp3) is 0.417. The number of rotatable bonds is 2. The molecule has 0 bridgehead atoms. The third kappa shape index (κ3) is 2.44. The van der Waals surface area contributed by atoms with E-state index in [4.69, 9.17) is 12.2 Å². The molecule has 2 aliphatic rings. The minimum Gasteiger partial charge on any atom is -0.357 e. The predicted octanol–water partition coefficient (Wildman–Crippen LogP) is 0.681. The molecule has 0 amide bonds. The fourth-order valence-corrected chi connectivity index (χ4v) is 4.91. The molecule has 2 aliphatic heterocycles. The number of benzene rings is 1. The van der Waals surface area contributed by atoms with Crippen molar-refractivity contribution in [3.8, 4) is 0 Å². The van der Waals surface area contributed by atoms with Gasteiger partial charge in [-0.25, -0.2) is 12.8 Å². The van der Waals surface area contributed by atoms with Crippen molar-refractivity contribution in [2.45, 2.75) is 18.6 Å². The summed E-state index contributed by atoms with van der Waals surface area (Å²) in [6.45, 7) is 0.503. The van der Waals surface area contributed by atoms with Gasteiger partial charge in [-0.2, -0.15) is 0 Å². The number of fused-ring (bicyclic) bond motifs is 1. The molecule has 4 nitrogen and oxygen atoms in total. The van der Waals surface area contributed by atoms with E-state index >= 15 is 0 Å². The lowest BCUT2D eigenvalue weighted by Gasteiger charge is -2.23. The summed E-state index contributed by atoms with van der Waals surface area (Å²) < 4.78 is 36.1. The first-order chi connectivity index (χ1) is 8.94. The summed E-state index contributed by atoms with van der Waals surface area (Å²) in [5.41, 5.74) is 0.912. The van der Waals surface area contributed by atoms with E-state index in [0.29, 0.717) is 11.7 Å². The number of halogens is 1. The third-order valence-corrected chi connectivity index (χ3v) is 5.63. The van der Waals surface area contributed by atoms with E-state index in [1.165, 1.54) is 12.1 Å². The molecule has 2 atom stereocenters. The number of hydrogen-bond donors (Lipinski definition) is 1. The largest absolute Gasteiger partial charge is 0.357 e. The molecule has 2 saturated heterocycles. The normalized spacial score (nSPS) is 28.3. The van der Waals surface area contributed by atoms with Crippen molar-refractivity contribution >= 4 is 27.2 Å². The molecule has 2 fully saturated rings. The summed E-state index contributed by atoms with van der Waals surface area (Å²) in [4.78, 5) is 1.89. The van der Waals surface area contributed by atoms with E-state index in [1.807, 2.05) is 4.90 Å². The highest BCUT2D eigenvalue weighted by Crippen LogP contribution is 2.25. The SMILES string of the molecule is O=S1(=O)C[C@@H]2NC(=S)N(Cc3ccc(F)cc3)[C@@H]2C1. The first-order valence-corrected chi connectivity index (χ1v) is 8.19. The van der Waals surface area contributed by atoms with Crippen LogP contribution in [0.25, 0.3) is 0 Å². The van der Waals surface area contributed by atoms with Crippen LogP contribution in [0.1, 0.15) is 5.56 Å². The van der Waals surface area contributed by atoms with Crippen LogP contribution in [0.4, 0.5) is 4.39 Å². The zero-order valence-electron chi connectivity index (χ0n) is 10.0. The van der Waals surface area contributed by atoms with Crippen LogP contribution in [0.5, 0.6) is 0 Å². The molecule has 102 valence electrons. The van der Waals surface area contributed by atoms with Crippen molar-refractivity contribution in [3.63, 3.8) is 0 Å². The molecule has 0 saturated carbocycles. The van der Waals surface area contributed by atoms with Crippen LogP contribution >= 0.6 is 12.2 Å². The number of sulfone groups is 1. The Hall–Kier alpha value is -1.21. The summed E-state index contributed by atoms with van der Waals surface area (Å²) in [6, 6.07) is 5.94. The van der Waals surface area contributed by atoms with Crippen molar-refractivity contribution in [1.82, 2.24) is 10.2 Å². The summed E-state index contributed by atoms with van der Waals surface area (Å²) in [5, 5.41) is 3.64. The molecule has 1 aromatic carbocycles. The maximum Gasteiger partial charge on any atom is 0.169 e. The minimum absolute atomic E-state index is 0.109. The minimum atomic E-state index is -2.98. The summed E-state index contributed by atoms with van der Waals surface area (Å²) in [7, 11) is -2.98. The molecule has 19 heavy (non-hydrogen) atoms. The molecule has 7 heteroatoms. The Labute approximate surface area is 116 Å². The molecular weight excluding hydrogens is 287 g/mol. The Balaban J connectivity index is 1.80. The molecule has 1 N–H and O–H groups in total. The van der Waals surface area contributed by atoms with Crippen molar-refractivity contribution in [2.24, 2.45) is 0 Å². The number of nitrogens with zero attached hydrogens (tertiary/aromatic N) is 1. The van der Waals surface area contributed by atoms with Crippen LogP contribution in [-0.2, 0) is 16.4 Å². The van der Waals surface area contributed by atoms with E-state index in [1.54, 1.807) is 12.1 Å². The molecule has 1 aromatic rings. The van der Waals surface area contributed by atoms with Gasteiger partial charge in [0.1, 0.15) is 5.82 Å². The smallest absolute Gasteiger partial charge is 0.169 e. The Kier molecular flexibility index (Phi) is 2.98. The summed E-state index contributed by atoms with van der Waals surface area (Å²) in [5.74, 6) is -0.0174. The zero-order valence-corrected chi connectivity index (χ0v) is 11.7. The van der Waals surface area contributed by atoms with Gasteiger partial charge in [-0.15, -0.1) is 0 Å². The zero-order chi connectivity index (χ0) is 13.6. The lowest BCUT2D eigenvalue weighted by Crippen LogP contribution is -2.36. The average molecular weight is 300 g/mol. The monoisotopic (exact) mass is 300 g/mol. The summed E-state index contributed by atoms with van der Waals surface area (Å²) in [6.07, 6.45) is 0. The molecular formula is C12H13FN2O2S2. The molecule has 0 aliphatic carbocycles. The lowest BCUT2D eigenvalue weighted by atomic mass is 10.1. The molecule has 0 unspecified atom stereocenters. The van der Waals surface area contributed by atoms with Gasteiger partial charge in [0, 0.05) is 6.54 Å². The summed E-state index contributed by atoms with van der Waals surface area (Å²) >= 11 is 5.24. The van der Waals surface area contributed by atoms with Crippen molar-refractivity contribution in [3.05, 3.63) is 35.6 Å². The Morgan fingerprint density at radius 1 is 1.32 bits per heavy atom. The van der Waals surface area contributed by atoms with E-state index < -0.39 is 9.84 Å². The van der Waals surface area contributed by atoms with Gasteiger partial charge in [-0.3, -0.25) is 0 Å². The standard InChI is InChI=1S/C12H13FN2O2S2/c13-9-3-1-8(2-4-9)5-15-11-7-19(16,17)6-10(11)14-12(15)18/h1-4,10-11H,5-7H2,(H,14,18)/t10-,11+/m0/s1. The molecule has 0 spiro atoms. The van der Waals surface area contributed by atoms with Crippen LogP contribution < -0.4 is 5.32 Å². The predicted molar refractivity (Wildman–Crippen MR) is 73.9 cm³/mol. The van der Waals surface area contributed by atoms with Gasteiger partial charge in [0.25, 0.3) is 0 Å². The van der Waals surface area contributed by atoms with E-state index in [9.17, 15) is 12.8 Å². The van der Waals surface area contributed by atoms with Gasteiger partial charge < -0.3 is 10.2 Å². The Morgan fingerprint density at radius 3 is 2.68 bits per heavy atom. The van der Waals surface area contributed by atoms with E-state index in [2.05, 4.69) is 5.32 Å². The van der Waals surface area contributed by atoms with Gasteiger partial charge in [0.15, 0.2) is 14.9 Å². The van der Waals surface area contributed by atoms with E-state index in [-0.39, 0.29) is 29.4 Å². The maximum atomic E-state index is 12.9. The molecule has 2 heterocycles. The first kappa shape index (κ1) is 12.8. The van der Waals surface area contributed by atoms with Crippen molar-refractivity contribution in [1.29, 1.82) is 0 Å². The van der Waals surface area contributed by atoms with Crippen molar-refractivity contribution in [2.75, 3.05) is 11.5 Å². The van der Waals surface area contributed by atoms with Gasteiger partial charge in [-0.1, -0.05) is 12.1 Å². The average Bonchev–Trinajstić information content (AvgIpc) is 2.75. The number of hydrogen-bond acceptors (Lipinski definition) is 3. The topological polar surface area (TPSA) is 49.4 Å². The van der Waals surface area contributed by atoms with Gasteiger partial charge in [-0.05, 0) is 29.9 Å². The van der Waals surface area contributed by atoms with Crippen LogP contribution in [0.15, 0.2) is 24.3 Å². The van der Waals surface area contributed by atoms with Gasteiger partial charge in [0.2, 0.25) is 0 Å². The molecule has 0 radical (unpaired) electrons. The fourth-order valence-electron chi connectivity index (χ4n) is 2.64. The number of nitrogens with one attached hydrogen (secondary N) is 1. The van der Waals surface area contributed by atoms with Crippen LogP contribution in [0, 0.1) is 5.82 Å². The van der Waals surface area contributed by atoms with Gasteiger partial charge >= 0.3 is 0 Å². The van der Waals surface area contributed by atoms with Gasteiger partial charge in [0.05, 0.1) is 23.6 Å². The molecule has 0 aromatic heterocycles. The first-order valence-electron chi connectivity index (χ1n) is 5.97. The lowest BCUT2D eigenvalue weighted by molar-refractivity contribution is 0.348. The Morgan fingerprint density at radius 2 is 2.00 bits per heavy atom. The highest BCUT2D eigenvalue weighted by Gasteiger charge is 2.46. The van der Waals surface area contributed by atoms with Crippen LogP contribution in [-0.4, -0.2) is 42.0 Å². The van der Waals surface area contributed by atoms with Crippen LogP contribution in [0.3, 0.4) is 0 Å². The maximum absolute atomic E-state index is 12.9. The van der Waals surface area contributed by atoms with Crippen molar-refractivity contribution < 1.29 is 12.8 Å². The third-order valence-electron chi connectivity index (χ3n) is 3.56. The van der Waals surface area contributed by atoms with E-state index in [0.717, 1.165) is 5.56 Å². The Bertz CT molecular complexity index is 615. The highest BCUT2D eigenvalue weighted by molar-refractivity contribution is 7.91. The number of thiocarbonyl (C=S) groups is 1. The second-order valence-electron chi connectivity index (χ2n) is 4.95. The van der Waals surface area contributed by atoms with Crippen LogP contribution in [0.2, 0.25) is 0 Å². The second kappa shape index (κ2) is 4.42. The molecule has 3 rings (SSSR count). The second-order valence-corrected chi connectivity index (χ2v) is 7.50. The quantitative estimate of drug-likeness (QED) is 0.814.